The quantitative estimate of drug-likeness (QED) is 0.546. The number of hydrogen-bond acceptors (Lipinski definition) is 5. The number of nitrogens with zero attached hydrogens (tertiary/aromatic N) is 4. The Hall–Kier alpha value is -2.93. The summed E-state index contributed by atoms with van der Waals surface area (Å²) >= 11 is 1.37. The van der Waals surface area contributed by atoms with Crippen molar-refractivity contribution < 1.29 is 4.79 Å². The molecule has 0 bridgehead atoms. The zero-order valence-electron chi connectivity index (χ0n) is 15.4. The number of anilines is 1. The lowest BCUT2D eigenvalue weighted by Gasteiger charge is -2.11. The van der Waals surface area contributed by atoms with Crippen molar-refractivity contribution in [3.63, 3.8) is 0 Å². The maximum atomic E-state index is 12.5. The van der Waals surface area contributed by atoms with E-state index in [1.165, 1.54) is 11.8 Å². The highest BCUT2D eigenvalue weighted by Gasteiger charge is 2.15. The first kappa shape index (κ1) is 17.5. The largest absolute Gasteiger partial charge is 0.325 e. The third-order valence-corrected chi connectivity index (χ3v) is 5.40. The van der Waals surface area contributed by atoms with E-state index in [1.807, 2.05) is 67.6 Å². The number of aryl methyl sites for hydroxylation is 3. The molecule has 2 aromatic carbocycles. The van der Waals surface area contributed by atoms with Crippen molar-refractivity contribution in [1.29, 1.82) is 0 Å². The molecule has 27 heavy (non-hydrogen) atoms. The summed E-state index contributed by atoms with van der Waals surface area (Å²) < 4.78 is 1.98. The molecule has 1 amide bonds. The molecule has 2 heterocycles. The Labute approximate surface area is 161 Å². The Morgan fingerprint density at radius 1 is 1.04 bits per heavy atom. The monoisotopic (exact) mass is 377 g/mol. The second-order valence-corrected chi connectivity index (χ2v) is 7.38. The lowest BCUT2D eigenvalue weighted by molar-refractivity contribution is -0.113. The summed E-state index contributed by atoms with van der Waals surface area (Å²) in [4.78, 5) is 17.2. The minimum absolute atomic E-state index is 0.0678. The van der Waals surface area contributed by atoms with Gasteiger partial charge in [0.15, 0.2) is 5.65 Å². The lowest BCUT2D eigenvalue weighted by atomic mass is 10.1. The molecule has 0 saturated heterocycles. The first-order chi connectivity index (χ1) is 13.0. The number of benzene rings is 2. The number of nitrogens with one attached hydrogen (secondary N) is 1. The van der Waals surface area contributed by atoms with E-state index in [4.69, 9.17) is 4.98 Å². The van der Waals surface area contributed by atoms with Gasteiger partial charge in [0.1, 0.15) is 10.9 Å². The highest BCUT2D eigenvalue weighted by atomic mass is 32.2. The van der Waals surface area contributed by atoms with E-state index in [0.717, 1.165) is 33.7 Å². The number of thioether (sulfide) groups is 1. The average molecular weight is 377 g/mol. The highest BCUT2D eigenvalue weighted by Crippen LogP contribution is 2.26. The molecule has 0 atom stereocenters. The Balaban J connectivity index is 1.61. The summed E-state index contributed by atoms with van der Waals surface area (Å²) in [5.41, 5.74) is 5.46. The third-order valence-electron chi connectivity index (χ3n) is 4.45. The van der Waals surface area contributed by atoms with Crippen LogP contribution in [-0.2, 0) is 4.79 Å². The maximum Gasteiger partial charge on any atom is 0.234 e. The number of fused-ring (bicyclic) bond motifs is 3. The van der Waals surface area contributed by atoms with Crippen LogP contribution in [0.15, 0.2) is 47.5 Å². The van der Waals surface area contributed by atoms with Gasteiger partial charge in [-0.2, -0.15) is 0 Å². The molecule has 0 unspecified atom stereocenters. The van der Waals surface area contributed by atoms with Gasteiger partial charge in [-0.15, -0.1) is 10.2 Å². The van der Waals surface area contributed by atoms with Crippen molar-refractivity contribution in [3.8, 4) is 0 Å². The number of para-hydroxylation sites is 3. The Morgan fingerprint density at radius 2 is 1.78 bits per heavy atom. The number of carbonyl (C=O) groups is 1. The summed E-state index contributed by atoms with van der Waals surface area (Å²) in [7, 11) is 0. The minimum atomic E-state index is -0.0678. The standard InChI is InChI=1S/C20H19N5OS/c1-12-7-6-8-13(2)18(12)22-17(26)11-27-20-19-24-23-14(3)25(19)16-10-5-4-9-15(16)21-20/h4-10H,11H2,1-3H3,(H,22,26). The molecule has 0 aliphatic heterocycles. The van der Waals surface area contributed by atoms with Crippen LogP contribution in [0.3, 0.4) is 0 Å². The van der Waals surface area contributed by atoms with Crippen LogP contribution in [-0.4, -0.2) is 31.2 Å². The molecule has 4 rings (SSSR count). The lowest BCUT2D eigenvalue weighted by Crippen LogP contribution is -2.16. The average Bonchev–Trinajstić information content (AvgIpc) is 3.05. The molecule has 1 N–H and O–H groups in total. The number of rotatable bonds is 4. The van der Waals surface area contributed by atoms with Gasteiger partial charge < -0.3 is 5.32 Å². The topological polar surface area (TPSA) is 72.2 Å². The molecule has 136 valence electrons. The Morgan fingerprint density at radius 3 is 2.56 bits per heavy atom. The van der Waals surface area contributed by atoms with Crippen LogP contribution in [0, 0.1) is 20.8 Å². The van der Waals surface area contributed by atoms with E-state index in [-0.39, 0.29) is 11.7 Å². The van der Waals surface area contributed by atoms with Gasteiger partial charge in [-0.25, -0.2) is 4.98 Å². The number of carbonyl (C=O) groups excluding carboxylic acids is 1. The summed E-state index contributed by atoms with van der Waals surface area (Å²) in [5.74, 6) is 0.980. The molecular formula is C20H19N5OS. The van der Waals surface area contributed by atoms with Crippen LogP contribution in [0.25, 0.3) is 16.7 Å². The molecule has 0 radical (unpaired) electrons. The van der Waals surface area contributed by atoms with E-state index in [9.17, 15) is 4.79 Å². The molecule has 7 heteroatoms. The normalized spacial score (nSPS) is 11.2. The predicted octanol–water partition coefficient (Wildman–Crippen LogP) is 3.93. The molecular weight excluding hydrogens is 358 g/mol. The molecule has 0 spiro atoms. The molecule has 0 aliphatic rings. The summed E-state index contributed by atoms with van der Waals surface area (Å²) in [5, 5.41) is 12.1. The molecule has 0 aliphatic carbocycles. The van der Waals surface area contributed by atoms with E-state index in [1.54, 1.807) is 0 Å². The zero-order chi connectivity index (χ0) is 19.0. The zero-order valence-corrected chi connectivity index (χ0v) is 16.2. The number of amides is 1. The fourth-order valence-corrected chi connectivity index (χ4v) is 3.88. The van der Waals surface area contributed by atoms with E-state index < -0.39 is 0 Å². The van der Waals surface area contributed by atoms with Crippen molar-refractivity contribution in [2.24, 2.45) is 0 Å². The van der Waals surface area contributed by atoms with Crippen LogP contribution in [0.5, 0.6) is 0 Å². The third kappa shape index (κ3) is 3.26. The van der Waals surface area contributed by atoms with Gasteiger partial charge >= 0.3 is 0 Å². The van der Waals surface area contributed by atoms with Gasteiger partial charge in [-0.1, -0.05) is 42.1 Å². The van der Waals surface area contributed by atoms with Gasteiger partial charge in [-0.05, 0) is 44.0 Å². The van der Waals surface area contributed by atoms with Crippen molar-refractivity contribution >= 4 is 40.0 Å². The van der Waals surface area contributed by atoms with Gasteiger partial charge in [0.25, 0.3) is 0 Å². The van der Waals surface area contributed by atoms with Crippen molar-refractivity contribution in [1.82, 2.24) is 19.6 Å². The van der Waals surface area contributed by atoms with Gasteiger partial charge in [0, 0.05) is 5.69 Å². The molecule has 6 nitrogen and oxygen atoms in total. The van der Waals surface area contributed by atoms with Crippen LogP contribution >= 0.6 is 11.8 Å². The van der Waals surface area contributed by atoms with Crippen molar-refractivity contribution in [2.45, 2.75) is 25.8 Å². The minimum Gasteiger partial charge on any atom is -0.325 e. The molecule has 4 aromatic rings. The Bertz CT molecular complexity index is 1150. The summed E-state index contributed by atoms with van der Waals surface area (Å²) in [6, 6.07) is 13.8. The van der Waals surface area contributed by atoms with E-state index in [0.29, 0.717) is 10.7 Å². The summed E-state index contributed by atoms with van der Waals surface area (Å²) in [6.07, 6.45) is 0. The number of aromatic nitrogens is 4. The van der Waals surface area contributed by atoms with Crippen LogP contribution in [0.4, 0.5) is 5.69 Å². The number of hydrogen-bond donors (Lipinski definition) is 1. The predicted molar refractivity (Wildman–Crippen MR) is 108 cm³/mol. The van der Waals surface area contributed by atoms with Crippen LogP contribution in [0.2, 0.25) is 0 Å². The second-order valence-electron chi connectivity index (χ2n) is 6.42. The summed E-state index contributed by atoms with van der Waals surface area (Å²) in [6.45, 7) is 5.89. The first-order valence-electron chi connectivity index (χ1n) is 8.64. The van der Waals surface area contributed by atoms with Gasteiger partial charge in [0.2, 0.25) is 5.91 Å². The van der Waals surface area contributed by atoms with Crippen molar-refractivity contribution in [2.75, 3.05) is 11.1 Å². The molecule has 2 aromatic heterocycles. The van der Waals surface area contributed by atoms with E-state index in [2.05, 4.69) is 15.5 Å². The van der Waals surface area contributed by atoms with Crippen molar-refractivity contribution in [3.05, 3.63) is 59.4 Å². The fraction of sp³-hybridized carbons (Fsp3) is 0.200. The van der Waals surface area contributed by atoms with Gasteiger partial charge in [0.05, 0.1) is 16.8 Å². The second kappa shape index (κ2) is 7.00. The first-order valence-corrected chi connectivity index (χ1v) is 9.62. The maximum absolute atomic E-state index is 12.5. The van der Waals surface area contributed by atoms with Gasteiger partial charge in [-0.3, -0.25) is 9.20 Å². The molecule has 0 fully saturated rings. The molecule has 0 saturated carbocycles. The van der Waals surface area contributed by atoms with Crippen LogP contribution in [0.1, 0.15) is 17.0 Å². The smallest absolute Gasteiger partial charge is 0.234 e. The SMILES string of the molecule is Cc1cccc(C)c1NC(=O)CSc1nc2ccccc2n2c(C)nnc12. The highest BCUT2D eigenvalue weighted by molar-refractivity contribution is 8.00. The Kier molecular flexibility index (Phi) is 4.53. The van der Waals surface area contributed by atoms with Crippen LogP contribution < -0.4 is 5.32 Å². The van der Waals surface area contributed by atoms with E-state index >= 15 is 0 Å². The fourth-order valence-electron chi connectivity index (χ4n) is 3.11.